The number of rotatable bonds is 4. The first-order valence-electron chi connectivity index (χ1n) is 10.1. The van der Waals surface area contributed by atoms with E-state index in [1.807, 2.05) is 23.1 Å². The number of amides is 2. The summed E-state index contributed by atoms with van der Waals surface area (Å²) in [7, 11) is 0. The van der Waals surface area contributed by atoms with Gasteiger partial charge in [0.2, 0.25) is 0 Å². The van der Waals surface area contributed by atoms with Crippen molar-refractivity contribution < 1.29 is 9.90 Å². The van der Waals surface area contributed by atoms with Crippen LogP contribution in [0.1, 0.15) is 50.7 Å². The van der Waals surface area contributed by atoms with Crippen LogP contribution in [0.2, 0.25) is 0 Å². The number of nitrogens with zero attached hydrogens (tertiary/aromatic N) is 2. The summed E-state index contributed by atoms with van der Waals surface area (Å²) in [4.78, 5) is 17.0. The standard InChI is InChI=1S/C23H31N3O2/c1-16(2)18-8-7-9-19(17(3)4)22(18)24-23(28)26-14-12-25(13-15-26)20-10-5-6-11-21(20)27/h5-11,16-17,27H,12-15H2,1-4H3,(H,24,28). The molecule has 1 saturated heterocycles. The zero-order valence-electron chi connectivity index (χ0n) is 17.3. The number of anilines is 2. The number of piperazine rings is 1. The zero-order valence-corrected chi connectivity index (χ0v) is 17.3. The molecule has 2 aromatic rings. The number of benzene rings is 2. The maximum atomic E-state index is 13.0. The number of urea groups is 1. The molecule has 0 bridgehead atoms. The van der Waals surface area contributed by atoms with Crippen LogP contribution in [0, 0.1) is 0 Å². The summed E-state index contributed by atoms with van der Waals surface area (Å²) in [5, 5.41) is 13.3. The summed E-state index contributed by atoms with van der Waals surface area (Å²) < 4.78 is 0. The number of hydrogen-bond donors (Lipinski definition) is 2. The van der Waals surface area contributed by atoms with Crippen molar-refractivity contribution >= 4 is 17.4 Å². The fourth-order valence-corrected chi connectivity index (χ4v) is 3.76. The molecule has 2 aromatic carbocycles. The Morgan fingerprint density at radius 3 is 2.00 bits per heavy atom. The van der Waals surface area contributed by atoms with Crippen LogP contribution in [0.25, 0.3) is 0 Å². The molecule has 0 atom stereocenters. The molecule has 3 rings (SSSR count). The van der Waals surface area contributed by atoms with E-state index in [4.69, 9.17) is 0 Å². The van der Waals surface area contributed by atoms with E-state index < -0.39 is 0 Å². The van der Waals surface area contributed by atoms with Gasteiger partial charge in [0.15, 0.2) is 0 Å². The first-order chi connectivity index (χ1) is 13.4. The number of phenolic OH excluding ortho intramolecular Hbond substituents is 1. The van der Waals surface area contributed by atoms with Crippen molar-refractivity contribution in [1.29, 1.82) is 0 Å². The Hall–Kier alpha value is -2.69. The maximum absolute atomic E-state index is 13.0. The molecule has 150 valence electrons. The fourth-order valence-electron chi connectivity index (χ4n) is 3.76. The minimum Gasteiger partial charge on any atom is -0.506 e. The minimum atomic E-state index is -0.0491. The summed E-state index contributed by atoms with van der Waals surface area (Å²) >= 11 is 0. The lowest BCUT2D eigenvalue weighted by atomic mass is 9.93. The fraction of sp³-hybridized carbons (Fsp3) is 0.435. The number of carbonyl (C=O) groups is 1. The van der Waals surface area contributed by atoms with Crippen molar-refractivity contribution in [2.24, 2.45) is 0 Å². The molecule has 2 amide bonds. The van der Waals surface area contributed by atoms with E-state index in [9.17, 15) is 9.90 Å². The van der Waals surface area contributed by atoms with Gasteiger partial charge in [-0.3, -0.25) is 0 Å². The molecule has 0 saturated carbocycles. The van der Waals surface area contributed by atoms with Crippen LogP contribution >= 0.6 is 0 Å². The van der Waals surface area contributed by atoms with Gasteiger partial charge in [-0.2, -0.15) is 0 Å². The highest BCUT2D eigenvalue weighted by Gasteiger charge is 2.24. The van der Waals surface area contributed by atoms with Crippen LogP contribution < -0.4 is 10.2 Å². The third-order valence-electron chi connectivity index (χ3n) is 5.39. The summed E-state index contributed by atoms with van der Waals surface area (Å²) in [6.45, 7) is 11.3. The Labute approximate surface area is 168 Å². The topological polar surface area (TPSA) is 55.8 Å². The minimum absolute atomic E-state index is 0.0491. The first-order valence-corrected chi connectivity index (χ1v) is 10.1. The molecule has 28 heavy (non-hydrogen) atoms. The molecule has 5 heteroatoms. The maximum Gasteiger partial charge on any atom is 0.321 e. The SMILES string of the molecule is CC(C)c1cccc(C(C)C)c1NC(=O)N1CCN(c2ccccc2O)CC1. The Bertz CT molecular complexity index is 798. The molecular weight excluding hydrogens is 350 g/mol. The van der Waals surface area contributed by atoms with Gasteiger partial charge in [0.25, 0.3) is 0 Å². The van der Waals surface area contributed by atoms with Gasteiger partial charge in [0.1, 0.15) is 5.75 Å². The number of para-hydroxylation sites is 3. The van der Waals surface area contributed by atoms with Gasteiger partial charge in [0, 0.05) is 31.9 Å². The van der Waals surface area contributed by atoms with Gasteiger partial charge in [-0.05, 0) is 35.1 Å². The third kappa shape index (κ3) is 4.24. The van der Waals surface area contributed by atoms with Crippen molar-refractivity contribution in [2.75, 3.05) is 36.4 Å². The molecule has 1 fully saturated rings. The second-order valence-electron chi connectivity index (χ2n) is 8.01. The molecule has 0 radical (unpaired) electrons. The molecule has 0 unspecified atom stereocenters. The van der Waals surface area contributed by atoms with Crippen molar-refractivity contribution in [3.63, 3.8) is 0 Å². The molecule has 1 aliphatic rings. The molecule has 5 nitrogen and oxygen atoms in total. The van der Waals surface area contributed by atoms with E-state index in [-0.39, 0.29) is 11.8 Å². The van der Waals surface area contributed by atoms with E-state index in [0.29, 0.717) is 38.0 Å². The van der Waals surface area contributed by atoms with Crippen LogP contribution in [0.3, 0.4) is 0 Å². The third-order valence-corrected chi connectivity index (χ3v) is 5.39. The first kappa shape index (κ1) is 20.1. The smallest absolute Gasteiger partial charge is 0.321 e. The van der Waals surface area contributed by atoms with E-state index in [2.05, 4.69) is 56.1 Å². The second-order valence-corrected chi connectivity index (χ2v) is 8.01. The lowest BCUT2D eigenvalue weighted by molar-refractivity contribution is 0.208. The second kappa shape index (κ2) is 8.55. The van der Waals surface area contributed by atoms with Crippen molar-refractivity contribution in [2.45, 2.75) is 39.5 Å². The number of hydrogen-bond acceptors (Lipinski definition) is 3. The predicted molar refractivity (Wildman–Crippen MR) is 116 cm³/mol. The quantitative estimate of drug-likeness (QED) is 0.784. The lowest BCUT2D eigenvalue weighted by Crippen LogP contribution is -2.50. The number of nitrogens with one attached hydrogen (secondary N) is 1. The average molecular weight is 382 g/mol. The Morgan fingerprint density at radius 1 is 0.893 bits per heavy atom. The predicted octanol–water partition coefficient (Wildman–Crippen LogP) is 4.99. The largest absolute Gasteiger partial charge is 0.506 e. The summed E-state index contributed by atoms with van der Waals surface area (Å²) in [6, 6.07) is 13.6. The van der Waals surface area contributed by atoms with Crippen LogP contribution in [-0.2, 0) is 0 Å². The van der Waals surface area contributed by atoms with Gasteiger partial charge >= 0.3 is 6.03 Å². The highest BCUT2D eigenvalue weighted by Crippen LogP contribution is 2.33. The van der Waals surface area contributed by atoms with E-state index in [1.165, 1.54) is 11.1 Å². The summed E-state index contributed by atoms with van der Waals surface area (Å²) in [6.07, 6.45) is 0. The molecule has 1 aliphatic heterocycles. The highest BCUT2D eigenvalue weighted by atomic mass is 16.3. The zero-order chi connectivity index (χ0) is 20.3. The van der Waals surface area contributed by atoms with Crippen LogP contribution in [-0.4, -0.2) is 42.2 Å². The van der Waals surface area contributed by atoms with E-state index in [0.717, 1.165) is 11.4 Å². The molecule has 0 aromatic heterocycles. The van der Waals surface area contributed by atoms with Gasteiger partial charge in [-0.15, -0.1) is 0 Å². The Balaban J connectivity index is 1.71. The summed E-state index contributed by atoms with van der Waals surface area (Å²) in [5.41, 5.74) is 4.13. The highest BCUT2D eigenvalue weighted by molar-refractivity contribution is 5.91. The van der Waals surface area contributed by atoms with Gasteiger partial charge in [0.05, 0.1) is 5.69 Å². The van der Waals surface area contributed by atoms with Crippen LogP contribution in [0.5, 0.6) is 5.75 Å². The van der Waals surface area contributed by atoms with Gasteiger partial charge < -0.3 is 20.2 Å². The monoisotopic (exact) mass is 381 g/mol. The van der Waals surface area contributed by atoms with Gasteiger partial charge in [-0.25, -0.2) is 4.79 Å². The van der Waals surface area contributed by atoms with Gasteiger partial charge in [-0.1, -0.05) is 58.0 Å². The molecule has 1 heterocycles. The molecular formula is C23H31N3O2. The molecule has 2 N–H and O–H groups in total. The van der Waals surface area contributed by atoms with Crippen LogP contribution in [0.15, 0.2) is 42.5 Å². The normalized spacial score (nSPS) is 14.6. The molecule has 0 aliphatic carbocycles. The number of aromatic hydroxyl groups is 1. The number of carbonyl (C=O) groups excluding carboxylic acids is 1. The van der Waals surface area contributed by atoms with E-state index in [1.54, 1.807) is 6.07 Å². The number of phenols is 1. The average Bonchev–Trinajstić information content (AvgIpc) is 2.68. The van der Waals surface area contributed by atoms with Crippen LogP contribution in [0.4, 0.5) is 16.2 Å². The Kier molecular flexibility index (Phi) is 6.12. The molecule has 0 spiro atoms. The Morgan fingerprint density at radius 2 is 1.46 bits per heavy atom. The summed E-state index contributed by atoms with van der Waals surface area (Å²) in [5.74, 6) is 0.964. The van der Waals surface area contributed by atoms with Crippen molar-refractivity contribution in [3.8, 4) is 5.75 Å². The van der Waals surface area contributed by atoms with E-state index >= 15 is 0 Å². The lowest BCUT2D eigenvalue weighted by Gasteiger charge is -2.36. The van der Waals surface area contributed by atoms with Crippen molar-refractivity contribution in [1.82, 2.24) is 4.90 Å². The van der Waals surface area contributed by atoms with Crippen molar-refractivity contribution in [3.05, 3.63) is 53.6 Å².